The van der Waals surface area contributed by atoms with E-state index < -0.39 is 60.4 Å². The molecule has 4 unspecified atom stereocenters. The second kappa shape index (κ2) is 11.5. The van der Waals surface area contributed by atoms with Crippen LogP contribution in [0, 0.1) is 5.92 Å². The first-order chi connectivity index (χ1) is 14.0. The predicted molar refractivity (Wildman–Crippen MR) is 105 cm³/mol. The number of nitrogens with one attached hydrogen (secondary N) is 2. The molecule has 12 nitrogen and oxygen atoms in total. The molecule has 0 saturated carbocycles. The zero-order chi connectivity index (χ0) is 23.0. The molecule has 0 radical (unpaired) electrons. The minimum absolute atomic E-state index is 0.0655. The number of amides is 4. The van der Waals surface area contributed by atoms with Gasteiger partial charge in [0.2, 0.25) is 23.6 Å². The van der Waals surface area contributed by atoms with Crippen molar-refractivity contribution in [3.63, 3.8) is 0 Å². The molecule has 0 bridgehead atoms. The SMILES string of the molecule is CC(C)C(N)C(=O)NC(CCC(N)=O)C(=O)N1CCCC1C(=O)NC(CO)C(=O)O. The van der Waals surface area contributed by atoms with E-state index >= 15 is 0 Å². The van der Waals surface area contributed by atoms with Crippen LogP contribution in [-0.2, 0) is 24.0 Å². The maximum atomic E-state index is 13.1. The summed E-state index contributed by atoms with van der Waals surface area (Å²) in [4.78, 5) is 61.3. The van der Waals surface area contributed by atoms with Crippen molar-refractivity contribution >= 4 is 29.6 Å². The molecule has 1 saturated heterocycles. The van der Waals surface area contributed by atoms with Gasteiger partial charge in [0, 0.05) is 13.0 Å². The number of hydrogen-bond acceptors (Lipinski definition) is 7. The fourth-order valence-corrected chi connectivity index (χ4v) is 3.07. The van der Waals surface area contributed by atoms with E-state index in [2.05, 4.69) is 10.6 Å². The van der Waals surface area contributed by atoms with Gasteiger partial charge >= 0.3 is 5.97 Å². The van der Waals surface area contributed by atoms with E-state index in [1.807, 2.05) is 0 Å². The maximum Gasteiger partial charge on any atom is 0.328 e. The van der Waals surface area contributed by atoms with Gasteiger partial charge < -0.3 is 37.2 Å². The lowest BCUT2D eigenvalue weighted by Crippen LogP contribution is -2.57. The lowest BCUT2D eigenvalue weighted by Gasteiger charge is -2.30. The number of aliphatic hydroxyl groups is 1. The van der Waals surface area contributed by atoms with Crippen LogP contribution in [0.25, 0.3) is 0 Å². The van der Waals surface area contributed by atoms with Crippen LogP contribution in [0.4, 0.5) is 0 Å². The lowest BCUT2D eigenvalue weighted by atomic mass is 10.0. The number of hydrogen-bond donors (Lipinski definition) is 6. The second-order valence-electron chi connectivity index (χ2n) is 7.61. The Morgan fingerprint density at radius 3 is 2.27 bits per heavy atom. The Bertz CT molecular complexity index is 669. The third-order valence-corrected chi connectivity index (χ3v) is 4.95. The molecule has 1 fully saturated rings. The summed E-state index contributed by atoms with van der Waals surface area (Å²) in [5.74, 6) is -4.13. The number of nitrogens with zero attached hydrogens (tertiary/aromatic N) is 1. The predicted octanol–water partition coefficient (Wildman–Crippen LogP) is -2.73. The largest absolute Gasteiger partial charge is 0.480 e. The van der Waals surface area contributed by atoms with Crippen LogP contribution in [0.15, 0.2) is 0 Å². The van der Waals surface area contributed by atoms with Gasteiger partial charge in [-0.05, 0) is 25.2 Å². The molecule has 1 aliphatic rings. The fraction of sp³-hybridized carbons (Fsp3) is 0.722. The Labute approximate surface area is 174 Å². The van der Waals surface area contributed by atoms with Crippen LogP contribution in [0.5, 0.6) is 0 Å². The molecule has 1 heterocycles. The van der Waals surface area contributed by atoms with Crippen LogP contribution in [0.2, 0.25) is 0 Å². The monoisotopic (exact) mass is 429 g/mol. The normalized spacial score (nSPS) is 19.1. The number of primary amides is 1. The van der Waals surface area contributed by atoms with Gasteiger partial charge in [-0.15, -0.1) is 0 Å². The number of likely N-dealkylation sites (tertiary alicyclic amines) is 1. The van der Waals surface area contributed by atoms with E-state index in [9.17, 15) is 24.0 Å². The first kappa shape index (κ1) is 25.3. The molecule has 0 spiro atoms. The zero-order valence-corrected chi connectivity index (χ0v) is 17.2. The van der Waals surface area contributed by atoms with Crippen LogP contribution >= 0.6 is 0 Å². The van der Waals surface area contributed by atoms with E-state index in [4.69, 9.17) is 21.7 Å². The summed E-state index contributed by atoms with van der Waals surface area (Å²) in [6.45, 7) is 2.90. The van der Waals surface area contributed by atoms with Gasteiger partial charge in [-0.1, -0.05) is 13.8 Å². The molecule has 170 valence electrons. The molecule has 0 aliphatic carbocycles. The number of nitrogens with two attached hydrogens (primary N) is 2. The van der Waals surface area contributed by atoms with Crippen molar-refractivity contribution in [1.82, 2.24) is 15.5 Å². The molecule has 1 aliphatic heterocycles. The number of carboxylic acids is 1. The molecular weight excluding hydrogens is 398 g/mol. The summed E-state index contributed by atoms with van der Waals surface area (Å²) in [7, 11) is 0. The Morgan fingerprint density at radius 1 is 1.13 bits per heavy atom. The molecule has 4 atom stereocenters. The Hall–Kier alpha value is -2.73. The molecule has 1 rings (SSSR count). The highest BCUT2D eigenvalue weighted by Gasteiger charge is 2.39. The minimum atomic E-state index is -1.50. The van der Waals surface area contributed by atoms with Gasteiger partial charge in [0.05, 0.1) is 12.6 Å². The van der Waals surface area contributed by atoms with Crippen molar-refractivity contribution in [3.05, 3.63) is 0 Å². The maximum absolute atomic E-state index is 13.1. The van der Waals surface area contributed by atoms with Crippen molar-refractivity contribution in [1.29, 1.82) is 0 Å². The van der Waals surface area contributed by atoms with Crippen molar-refractivity contribution in [2.75, 3.05) is 13.2 Å². The summed E-state index contributed by atoms with van der Waals surface area (Å²) in [5.41, 5.74) is 11.0. The summed E-state index contributed by atoms with van der Waals surface area (Å²) in [6.07, 6.45) is 0.549. The van der Waals surface area contributed by atoms with E-state index in [0.717, 1.165) is 0 Å². The lowest BCUT2D eigenvalue weighted by molar-refractivity contribution is -0.145. The van der Waals surface area contributed by atoms with Gasteiger partial charge in [-0.3, -0.25) is 19.2 Å². The van der Waals surface area contributed by atoms with Gasteiger partial charge in [0.1, 0.15) is 18.1 Å². The average molecular weight is 429 g/mol. The number of carbonyl (C=O) groups excluding carboxylic acids is 4. The highest BCUT2D eigenvalue weighted by atomic mass is 16.4. The zero-order valence-electron chi connectivity index (χ0n) is 17.2. The van der Waals surface area contributed by atoms with Crippen LogP contribution in [0.1, 0.15) is 39.5 Å². The van der Waals surface area contributed by atoms with Gasteiger partial charge in [0.25, 0.3) is 0 Å². The van der Waals surface area contributed by atoms with Crippen LogP contribution < -0.4 is 22.1 Å². The molecular formula is C18H31N5O7. The van der Waals surface area contributed by atoms with Gasteiger partial charge in [0.15, 0.2) is 0 Å². The average Bonchev–Trinajstić information content (AvgIpc) is 3.17. The minimum Gasteiger partial charge on any atom is -0.480 e. The van der Waals surface area contributed by atoms with Crippen LogP contribution in [0.3, 0.4) is 0 Å². The van der Waals surface area contributed by atoms with Crippen LogP contribution in [-0.4, -0.2) is 82.0 Å². The third-order valence-electron chi connectivity index (χ3n) is 4.95. The number of carboxylic acid groups (broad SMARTS) is 1. The third kappa shape index (κ3) is 6.95. The number of carbonyl (C=O) groups is 5. The van der Waals surface area contributed by atoms with Crippen molar-refractivity contribution in [3.8, 4) is 0 Å². The van der Waals surface area contributed by atoms with Crippen molar-refractivity contribution < 1.29 is 34.2 Å². The quantitative estimate of drug-likeness (QED) is 0.203. The molecule has 4 amide bonds. The smallest absolute Gasteiger partial charge is 0.328 e. The Kier molecular flexibility index (Phi) is 9.66. The van der Waals surface area contributed by atoms with Gasteiger partial charge in [-0.2, -0.15) is 0 Å². The van der Waals surface area contributed by atoms with E-state index in [-0.39, 0.29) is 31.7 Å². The van der Waals surface area contributed by atoms with E-state index in [0.29, 0.717) is 6.42 Å². The Balaban J connectivity index is 2.96. The molecule has 0 aromatic carbocycles. The summed E-state index contributed by atoms with van der Waals surface area (Å²) >= 11 is 0. The van der Waals surface area contributed by atoms with Crippen molar-refractivity contribution in [2.24, 2.45) is 17.4 Å². The fourth-order valence-electron chi connectivity index (χ4n) is 3.07. The first-order valence-corrected chi connectivity index (χ1v) is 9.78. The molecule has 8 N–H and O–H groups in total. The molecule has 0 aromatic heterocycles. The second-order valence-corrected chi connectivity index (χ2v) is 7.61. The van der Waals surface area contributed by atoms with E-state index in [1.165, 1.54) is 4.90 Å². The highest BCUT2D eigenvalue weighted by Crippen LogP contribution is 2.20. The number of aliphatic carboxylic acids is 1. The summed E-state index contributed by atoms with van der Waals surface area (Å²) < 4.78 is 0. The summed E-state index contributed by atoms with van der Waals surface area (Å²) in [6, 6.07) is -4.44. The number of aliphatic hydroxyl groups excluding tert-OH is 1. The molecule has 30 heavy (non-hydrogen) atoms. The Morgan fingerprint density at radius 2 is 1.77 bits per heavy atom. The molecule has 12 heteroatoms. The molecule has 0 aromatic rings. The highest BCUT2D eigenvalue weighted by molar-refractivity contribution is 5.94. The first-order valence-electron chi connectivity index (χ1n) is 9.78. The topological polar surface area (TPSA) is 205 Å². The number of rotatable bonds is 11. The van der Waals surface area contributed by atoms with E-state index in [1.54, 1.807) is 13.8 Å². The van der Waals surface area contributed by atoms with Gasteiger partial charge in [-0.25, -0.2) is 4.79 Å². The summed E-state index contributed by atoms with van der Waals surface area (Å²) in [5, 5.41) is 22.8. The standard InChI is InChI=1S/C18H31N5O7/c1-9(2)14(20)16(27)21-10(5-6-13(19)25)17(28)23-7-3-4-12(23)15(26)22-11(8-24)18(29)30/h9-12,14,24H,3-8,20H2,1-2H3,(H2,19,25)(H,21,27)(H,22,26)(H,29,30). The van der Waals surface area contributed by atoms with Crippen molar-refractivity contribution in [2.45, 2.75) is 63.7 Å².